The molecule has 0 radical (unpaired) electrons. The lowest BCUT2D eigenvalue weighted by Crippen LogP contribution is -2.30. The third-order valence-corrected chi connectivity index (χ3v) is 15.3. The van der Waals surface area contributed by atoms with Crippen LogP contribution in [0.25, 0.3) is 0 Å². The first kappa shape index (κ1) is 79.1. The van der Waals surface area contributed by atoms with Gasteiger partial charge in [-0.3, -0.25) is 14.4 Å². The van der Waals surface area contributed by atoms with Crippen LogP contribution in [0.1, 0.15) is 342 Å². The molecule has 0 saturated carbocycles. The van der Waals surface area contributed by atoms with E-state index in [0.29, 0.717) is 12.8 Å². The second kappa shape index (κ2) is 70.6. The van der Waals surface area contributed by atoms with Crippen LogP contribution in [-0.4, -0.2) is 37.2 Å². The maximum absolute atomic E-state index is 12.9. The summed E-state index contributed by atoms with van der Waals surface area (Å²) in [5.74, 6) is -1.04. The van der Waals surface area contributed by atoms with Crippen LogP contribution in [0.5, 0.6) is 0 Å². The van der Waals surface area contributed by atoms with E-state index in [2.05, 4.69) is 118 Å². The summed E-state index contributed by atoms with van der Waals surface area (Å²) in [5, 5.41) is 0. The molecule has 0 aliphatic rings. The summed E-state index contributed by atoms with van der Waals surface area (Å²) in [5.41, 5.74) is 0. The van der Waals surface area contributed by atoms with Gasteiger partial charge in [0.15, 0.2) is 6.10 Å². The Morgan fingerprint density at radius 3 is 0.855 bits per heavy atom. The number of allylic oxidation sites excluding steroid dienone is 17. The van der Waals surface area contributed by atoms with E-state index in [0.717, 1.165) is 103 Å². The van der Waals surface area contributed by atoms with E-state index in [-0.39, 0.29) is 31.6 Å². The second-order valence-electron chi connectivity index (χ2n) is 23.4. The van der Waals surface area contributed by atoms with E-state index in [4.69, 9.17) is 14.2 Å². The van der Waals surface area contributed by atoms with E-state index < -0.39 is 12.1 Å². The highest BCUT2D eigenvalue weighted by atomic mass is 16.6. The van der Waals surface area contributed by atoms with Crippen molar-refractivity contribution in [1.82, 2.24) is 0 Å². The SMILES string of the molecule is CC/C=C\C/C=C\C/C=C\C/C=C\C/C=C\CC(=O)OCC(COC(=O)CCCCCCCCCCCCCCCCCCCCCCC/C=C\CCCCCCCCCC)OC(=O)CCCCCCCCC/C=C\C/C=C\C/C=C\CC. The quantitative estimate of drug-likeness (QED) is 0.0261. The van der Waals surface area contributed by atoms with Crippen molar-refractivity contribution in [2.24, 2.45) is 0 Å². The Morgan fingerprint density at radius 1 is 0.265 bits per heavy atom. The van der Waals surface area contributed by atoms with Gasteiger partial charge in [-0.05, 0) is 103 Å². The molecule has 0 fully saturated rings. The van der Waals surface area contributed by atoms with Crippen LogP contribution in [-0.2, 0) is 28.6 Å². The number of carbonyl (C=O) groups is 3. The smallest absolute Gasteiger partial charge is 0.309 e. The van der Waals surface area contributed by atoms with Crippen molar-refractivity contribution >= 4 is 17.9 Å². The van der Waals surface area contributed by atoms with Gasteiger partial charge >= 0.3 is 17.9 Å². The Labute approximate surface area is 514 Å². The first-order valence-electron chi connectivity index (χ1n) is 35.4. The van der Waals surface area contributed by atoms with Gasteiger partial charge in [-0.1, -0.05) is 329 Å². The molecule has 0 aliphatic heterocycles. The first-order chi connectivity index (χ1) is 41.0. The lowest BCUT2D eigenvalue weighted by atomic mass is 10.0. The molecule has 0 bridgehead atoms. The average molecular weight is 1150 g/mol. The van der Waals surface area contributed by atoms with E-state index in [1.807, 2.05) is 6.08 Å². The Kier molecular flexibility index (Phi) is 67.2. The van der Waals surface area contributed by atoms with Gasteiger partial charge in [0.2, 0.25) is 0 Å². The minimum Gasteiger partial charge on any atom is -0.462 e. The minimum absolute atomic E-state index is 0.111. The zero-order valence-corrected chi connectivity index (χ0v) is 54.7. The molecular weight excluding hydrogens is 1020 g/mol. The monoisotopic (exact) mass is 1150 g/mol. The first-order valence-corrected chi connectivity index (χ1v) is 35.4. The zero-order valence-electron chi connectivity index (χ0n) is 54.7. The molecule has 83 heavy (non-hydrogen) atoms. The highest BCUT2D eigenvalue weighted by molar-refractivity contribution is 5.72. The largest absolute Gasteiger partial charge is 0.462 e. The van der Waals surface area contributed by atoms with Crippen LogP contribution in [0.3, 0.4) is 0 Å². The van der Waals surface area contributed by atoms with Gasteiger partial charge in [-0.2, -0.15) is 0 Å². The van der Waals surface area contributed by atoms with Gasteiger partial charge in [0.1, 0.15) is 13.2 Å². The Bertz CT molecular complexity index is 1660. The van der Waals surface area contributed by atoms with Crippen LogP contribution in [0, 0.1) is 0 Å². The molecule has 1 atom stereocenters. The molecule has 0 rings (SSSR count). The van der Waals surface area contributed by atoms with Gasteiger partial charge < -0.3 is 14.2 Å². The van der Waals surface area contributed by atoms with E-state index in [1.165, 1.54) is 199 Å². The summed E-state index contributed by atoms with van der Waals surface area (Å²) < 4.78 is 16.8. The Balaban J connectivity index is 4.23. The summed E-state index contributed by atoms with van der Waals surface area (Å²) in [4.78, 5) is 38.3. The predicted molar refractivity (Wildman–Crippen MR) is 362 cm³/mol. The minimum atomic E-state index is -0.825. The van der Waals surface area contributed by atoms with Crippen LogP contribution in [0.2, 0.25) is 0 Å². The molecule has 6 nitrogen and oxygen atoms in total. The summed E-state index contributed by atoms with van der Waals surface area (Å²) in [6.07, 6.45) is 97.4. The second-order valence-corrected chi connectivity index (χ2v) is 23.4. The van der Waals surface area contributed by atoms with Gasteiger partial charge in [0.25, 0.3) is 0 Å². The fourth-order valence-electron chi connectivity index (χ4n) is 10.1. The molecule has 0 aromatic rings. The molecule has 0 aliphatic carbocycles. The molecule has 0 heterocycles. The standard InChI is InChI=1S/C77H132O6/c1-4-7-10-13-16-19-22-25-28-30-31-32-33-34-35-36-37-38-39-40-41-42-43-44-45-47-49-52-55-58-61-64-67-70-76(79)82-73-74(72-81-75(78)69-66-63-60-57-54-51-48-27-24-21-18-15-12-9-6-3)83-77(80)71-68-65-62-59-56-53-50-46-29-26-23-20-17-14-11-8-5-2/h8-9,11-12,17-18,20-21,26-27,29-31,48,54,57,63,66,74H,4-7,10,13-16,19,22-25,28,32-47,49-53,55-56,58-62,64-65,67-73H2,1-3H3/b11-8-,12-9-,20-17-,21-18-,29-26-,31-30-,48-27-,57-54-,66-63-. The van der Waals surface area contributed by atoms with Crippen LogP contribution < -0.4 is 0 Å². The van der Waals surface area contributed by atoms with E-state index >= 15 is 0 Å². The van der Waals surface area contributed by atoms with Crippen molar-refractivity contribution < 1.29 is 28.6 Å². The zero-order chi connectivity index (χ0) is 59.9. The number of esters is 3. The normalized spacial score (nSPS) is 12.8. The third kappa shape index (κ3) is 68.7. The molecule has 476 valence electrons. The Morgan fingerprint density at radius 2 is 0.518 bits per heavy atom. The van der Waals surface area contributed by atoms with Crippen LogP contribution >= 0.6 is 0 Å². The predicted octanol–water partition coefficient (Wildman–Crippen LogP) is 24.6. The van der Waals surface area contributed by atoms with Crippen LogP contribution in [0.4, 0.5) is 0 Å². The lowest BCUT2D eigenvalue weighted by Gasteiger charge is -2.18. The fourth-order valence-corrected chi connectivity index (χ4v) is 10.1. The number of hydrogen-bond acceptors (Lipinski definition) is 6. The molecule has 0 amide bonds. The fraction of sp³-hybridized carbons (Fsp3) is 0.727. The molecule has 0 spiro atoms. The van der Waals surface area contributed by atoms with E-state index in [9.17, 15) is 14.4 Å². The van der Waals surface area contributed by atoms with Gasteiger partial charge in [-0.25, -0.2) is 0 Å². The van der Waals surface area contributed by atoms with Crippen molar-refractivity contribution in [3.63, 3.8) is 0 Å². The molecule has 0 aromatic heterocycles. The highest BCUT2D eigenvalue weighted by Gasteiger charge is 2.19. The molecule has 0 saturated heterocycles. The van der Waals surface area contributed by atoms with Crippen LogP contribution in [0.15, 0.2) is 109 Å². The lowest BCUT2D eigenvalue weighted by molar-refractivity contribution is -0.166. The topological polar surface area (TPSA) is 78.9 Å². The van der Waals surface area contributed by atoms with E-state index in [1.54, 1.807) is 6.08 Å². The molecule has 0 aromatic carbocycles. The van der Waals surface area contributed by atoms with Crippen molar-refractivity contribution in [3.8, 4) is 0 Å². The number of hydrogen-bond donors (Lipinski definition) is 0. The number of carbonyl (C=O) groups excluding carboxylic acids is 3. The summed E-state index contributed by atoms with van der Waals surface area (Å²) in [7, 11) is 0. The number of ether oxygens (including phenoxy) is 3. The number of rotatable bonds is 64. The number of unbranched alkanes of at least 4 members (excludes halogenated alkanes) is 36. The summed E-state index contributed by atoms with van der Waals surface area (Å²) in [6.45, 7) is 6.35. The molecule has 1 unspecified atom stereocenters. The maximum atomic E-state index is 12.9. The average Bonchev–Trinajstić information content (AvgIpc) is 3.49. The molecular formula is C77H132O6. The molecule has 6 heteroatoms. The van der Waals surface area contributed by atoms with Gasteiger partial charge in [0, 0.05) is 12.8 Å². The van der Waals surface area contributed by atoms with Crippen molar-refractivity contribution in [3.05, 3.63) is 109 Å². The third-order valence-electron chi connectivity index (χ3n) is 15.3. The van der Waals surface area contributed by atoms with Crippen molar-refractivity contribution in [1.29, 1.82) is 0 Å². The van der Waals surface area contributed by atoms with Crippen molar-refractivity contribution in [2.45, 2.75) is 348 Å². The van der Waals surface area contributed by atoms with Gasteiger partial charge in [0.05, 0.1) is 6.42 Å². The van der Waals surface area contributed by atoms with Gasteiger partial charge in [-0.15, -0.1) is 0 Å². The Hall–Kier alpha value is -3.93. The summed E-state index contributed by atoms with van der Waals surface area (Å²) in [6, 6.07) is 0. The summed E-state index contributed by atoms with van der Waals surface area (Å²) >= 11 is 0. The molecule has 0 N–H and O–H groups in total. The van der Waals surface area contributed by atoms with Crippen molar-refractivity contribution in [2.75, 3.05) is 13.2 Å². The maximum Gasteiger partial charge on any atom is 0.309 e. The highest BCUT2D eigenvalue weighted by Crippen LogP contribution is 2.18.